The van der Waals surface area contributed by atoms with E-state index in [0.717, 1.165) is 12.7 Å². The van der Waals surface area contributed by atoms with Crippen LogP contribution in [0.5, 0.6) is 6.08 Å². The van der Waals surface area contributed by atoms with E-state index in [9.17, 15) is 4.79 Å². The lowest BCUT2D eigenvalue weighted by atomic mass is 10.1. The fourth-order valence-electron chi connectivity index (χ4n) is 0.711. The second kappa shape index (κ2) is 3.69. The van der Waals surface area contributed by atoms with Crippen LogP contribution in [0.4, 0.5) is 0 Å². The van der Waals surface area contributed by atoms with Gasteiger partial charge in [0.1, 0.15) is 11.9 Å². The number of hydrogen-bond acceptors (Lipinski definition) is 4. The van der Waals surface area contributed by atoms with Crippen molar-refractivity contribution in [2.45, 2.75) is 32.8 Å². The molecule has 0 bridgehead atoms. The van der Waals surface area contributed by atoms with Gasteiger partial charge in [-0.05, 0) is 20.3 Å². The molecular weight excluding hydrogens is 186 g/mol. The van der Waals surface area contributed by atoms with Crippen molar-refractivity contribution < 1.29 is 19.1 Å². The van der Waals surface area contributed by atoms with Gasteiger partial charge in [-0.2, -0.15) is 4.98 Å². The number of aromatic nitrogens is 1. The molecule has 0 amide bonds. The van der Waals surface area contributed by atoms with Crippen LogP contribution in [0.3, 0.4) is 0 Å². The van der Waals surface area contributed by atoms with Gasteiger partial charge in [-0.3, -0.25) is 0 Å². The minimum absolute atomic E-state index is 0.00532. The molecular formula is C9H13NO4. The SMILES string of the molecule is CCC(C)(C)Oc1nc(C(=O)O)co1. The van der Waals surface area contributed by atoms with Gasteiger partial charge in [-0.1, -0.05) is 6.92 Å². The second-order valence-electron chi connectivity index (χ2n) is 3.52. The summed E-state index contributed by atoms with van der Waals surface area (Å²) in [5.41, 5.74) is -0.549. The van der Waals surface area contributed by atoms with E-state index in [1.54, 1.807) is 0 Å². The molecule has 0 aromatic carbocycles. The molecule has 14 heavy (non-hydrogen) atoms. The first-order valence-electron chi connectivity index (χ1n) is 4.32. The lowest BCUT2D eigenvalue weighted by Crippen LogP contribution is -2.26. The van der Waals surface area contributed by atoms with E-state index < -0.39 is 11.6 Å². The Balaban J connectivity index is 2.73. The number of ether oxygens (including phenoxy) is 1. The summed E-state index contributed by atoms with van der Waals surface area (Å²) in [5, 5.41) is 8.58. The van der Waals surface area contributed by atoms with Crippen molar-refractivity contribution in [3.8, 4) is 6.08 Å². The maximum Gasteiger partial charge on any atom is 0.394 e. The van der Waals surface area contributed by atoms with E-state index in [1.807, 2.05) is 20.8 Å². The Hall–Kier alpha value is -1.52. The van der Waals surface area contributed by atoms with Crippen molar-refractivity contribution in [1.82, 2.24) is 4.98 Å². The predicted molar refractivity (Wildman–Crippen MR) is 48.5 cm³/mol. The van der Waals surface area contributed by atoms with Gasteiger partial charge in [-0.15, -0.1) is 0 Å². The van der Waals surface area contributed by atoms with Crippen molar-refractivity contribution in [1.29, 1.82) is 0 Å². The lowest BCUT2D eigenvalue weighted by molar-refractivity contribution is 0.0649. The Morgan fingerprint density at radius 3 is 2.79 bits per heavy atom. The number of carboxylic acids is 1. The average Bonchev–Trinajstić information content (AvgIpc) is 2.52. The van der Waals surface area contributed by atoms with E-state index in [-0.39, 0.29) is 11.8 Å². The van der Waals surface area contributed by atoms with Crippen LogP contribution in [0, 0.1) is 0 Å². The Morgan fingerprint density at radius 2 is 2.36 bits per heavy atom. The standard InChI is InChI=1S/C9H13NO4/c1-4-9(2,3)14-8-10-6(5-13-8)7(11)12/h5H,4H2,1-3H3,(H,11,12). The van der Waals surface area contributed by atoms with Crippen LogP contribution in [0.1, 0.15) is 37.7 Å². The molecule has 0 aliphatic rings. The topological polar surface area (TPSA) is 72.6 Å². The van der Waals surface area contributed by atoms with Gasteiger partial charge in [0, 0.05) is 0 Å². The number of hydrogen-bond donors (Lipinski definition) is 1. The monoisotopic (exact) mass is 199 g/mol. The zero-order valence-corrected chi connectivity index (χ0v) is 8.40. The third kappa shape index (κ3) is 2.48. The molecule has 1 N–H and O–H groups in total. The summed E-state index contributed by atoms with van der Waals surface area (Å²) in [7, 11) is 0. The van der Waals surface area contributed by atoms with Crippen molar-refractivity contribution in [2.24, 2.45) is 0 Å². The fraction of sp³-hybridized carbons (Fsp3) is 0.556. The number of rotatable bonds is 4. The first kappa shape index (κ1) is 10.6. The van der Waals surface area contributed by atoms with Gasteiger partial charge in [0.15, 0.2) is 5.69 Å². The van der Waals surface area contributed by atoms with Gasteiger partial charge in [0.2, 0.25) is 0 Å². The van der Waals surface area contributed by atoms with E-state index >= 15 is 0 Å². The molecule has 78 valence electrons. The largest absolute Gasteiger partial charge is 0.476 e. The molecule has 0 aliphatic carbocycles. The summed E-state index contributed by atoms with van der Waals surface area (Å²) >= 11 is 0. The number of aromatic carboxylic acids is 1. The van der Waals surface area contributed by atoms with Crippen LogP contribution in [0.15, 0.2) is 10.7 Å². The zero-order valence-electron chi connectivity index (χ0n) is 8.40. The van der Waals surface area contributed by atoms with Crippen LogP contribution < -0.4 is 4.74 Å². The highest BCUT2D eigenvalue weighted by atomic mass is 16.6. The molecule has 0 atom stereocenters. The summed E-state index contributed by atoms with van der Waals surface area (Å²) in [6.07, 6.45) is 1.83. The van der Waals surface area contributed by atoms with Gasteiger partial charge in [-0.25, -0.2) is 4.79 Å². The van der Waals surface area contributed by atoms with Gasteiger partial charge >= 0.3 is 12.0 Å². The molecule has 0 aliphatic heterocycles. The highest BCUT2D eigenvalue weighted by Crippen LogP contribution is 2.19. The molecule has 5 nitrogen and oxygen atoms in total. The Kier molecular flexibility index (Phi) is 2.78. The third-order valence-electron chi connectivity index (χ3n) is 1.92. The number of carboxylic acid groups (broad SMARTS) is 1. The highest BCUT2D eigenvalue weighted by Gasteiger charge is 2.21. The molecule has 0 saturated carbocycles. The maximum absolute atomic E-state index is 10.5. The molecule has 0 spiro atoms. The minimum atomic E-state index is -1.13. The molecule has 1 rings (SSSR count). The number of nitrogens with zero attached hydrogens (tertiary/aromatic N) is 1. The van der Waals surface area contributed by atoms with Crippen molar-refractivity contribution in [3.63, 3.8) is 0 Å². The van der Waals surface area contributed by atoms with E-state index in [2.05, 4.69) is 4.98 Å². The summed E-state index contributed by atoms with van der Waals surface area (Å²) < 4.78 is 10.2. The molecule has 0 radical (unpaired) electrons. The Morgan fingerprint density at radius 1 is 1.71 bits per heavy atom. The van der Waals surface area contributed by atoms with Crippen molar-refractivity contribution >= 4 is 5.97 Å². The van der Waals surface area contributed by atoms with Gasteiger partial charge in [0.05, 0.1) is 0 Å². The van der Waals surface area contributed by atoms with Crippen LogP contribution in [-0.2, 0) is 0 Å². The highest BCUT2D eigenvalue weighted by molar-refractivity contribution is 5.84. The first-order chi connectivity index (χ1) is 6.44. The lowest BCUT2D eigenvalue weighted by Gasteiger charge is -2.21. The number of carbonyl (C=O) groups is 1. The normalized spacial score (nSPS) is 11.4. The zero-order chi connectivity index (χ0) is 10.8. The first-order valence-corrected chi connectivity index (χ1v) is 4.32. The Bertz CT molecular complexity index is 329. The summed E-state index contributed by atoms with van der Waals surface area (Å²) in [6.45, 7) is 5.70. The van der Waals surface area contributed by atoms with Crippen molar-refractivity contribution in [2.75, 3.05) is 0 Å². The smallest absolute Gasteiger partial charge is 0.394 e. The van der Waals surface area contributed by atoms with E-state index in [4.69, 9.17) is 14.3 Å². The van der Waals surface area contributed by atoms with Crippen molar-refractivity contribution in [3.05, 3.63) is 12.0 Å². The molecule has 0 saturated heterocycles. The molecule has 0 fully saturated rings. The molecule has 1 aromatic heterocycles. The molecule has 1 heterocycles. The van der Waals surface area contributed by atoms with Gasteiger partial charge < -0.3 is 14.3 Å². The molecule has 0 unspecified atom stereocenters. The van der Waals surface area contributed by atoms with Crippen LogP contribution in [0.2, 0.25) is 0 Å². The summed E-state index contributed by atoms with van der Waals surface area (Å²) in [6, 6.07) is 0. The maximum atomic E-state index is 10.5. The van der Waals surface area contributed by atoms with Crippen LogP contribution in [-0.4, -0.2) is 21.7 Å². The minimum Gasteiger partial charge on any atom is -0.476 e. The van der Waals surface area contributed by atoms with Gasteiger partial charge in [0.25, 0.3) is 0 Å². The predicted octanol–water partition coefficient (Wildman–Crippen LogP) is 1.94. The van der Waals surface area contributed by atoms with Crippen LogP contribution in [0.25, 0.3) is 0 Å². The van der Waals surface area contributed by atoms with Crippen LogP contribution >= 0.6 is 0 Å². The summed E-state index contributed by atoms with van der Waals surface area (Å²) in [5.74, 6) is -1.13. The average molecular weight is 199 g/mol. The Labute approximate surface area is 81.7 Å². The molecule has 1 aromatic rings. The molecule has 5 heteroatoms. The van der Waals surface area contributed by atoms with E-state index in [1.165, 1.54) is 0 Å². The van der Waals surface area contributed by atoms with E-state index in [0.29, 0.717) is 0 Å². The number of oxazole rings is 1. The quantitative estimate of drug-likeness (QED) is 0.802. The summed E-state index contributed by atoms with van der Waals surface area (Å²) in [4.78, 5) is 14.1. The second-order valence-corrected chi connectivity index (χ2v) is 3.52. The third-order valence-corrected chi connectivity index (χ3v) is 1.92. The fourth-order valence-corrected chi connectivity index (χ4v) is 0.711.